The Labute approximate surface area is 245 Å². The number of aromatic nitrogens is 6. The monoisotopic (exact) mass is 598 g/mol. The second kappa shape index (κ2) is 10.5. The molecule has 1 fully saturated rings. The predicted octanol–water partition coefficient (Wildman–Crippen LogP) is 4.56. The number of H-pyrrole nitrogens is 2. The molecule has 1 aliphatic rings. The maximum absolute atomic E-state index is 14.6. The van der Waals surface area contributed by atoms with Crippen molar-refractivity contribution in [1.29, 1.82) is 0 Å². The van der Waals surface area contributed by atoms with Gasteiger partial charge in [0.25, 0.3) is 0 Å². The van der Waals surface area contributed by atoms with Gasteiger partial charge in [-0.1, -0.05) is 0 Å². The van der Waals surface area contributed by atoms with Crippen LogP contribution in [0.25, 0.3) is 55.8 Å². The number of fused-ring (bicyclic) bond motifs is 2. The number of hydrogen-bond acceptors (Lipinski definition) is 8. The van der Waals surface area contributed by atoms with Crippen LogP contribution in [0.1, 0.15) is 18.4 Å². The van der Waals surface area contributed by atoms with Crippen molar-refractivity contribution < 1.29 is 17.9 Å². The largest absolute Gasteiger partial charge is 0.374 e. The molecule has 0 radical (unpaired) electrons. The van der Waals surface area contributed by atoms with Crippen molar-refractivity contribution in [3.63, 3.8) is 0 Å². The average molecular weight is 599 g/mol. The second-order valence-corrected chi connectivity index (χ2v) is 12.6. The Kier molecular flexibility index (Phi) is 6.64. The topological polar surface area (TPSA) is 162 Å². The van der Waals surface area contributed by atoms with Gasteiger partial charge in [0, 0.05) is 35.8 Å². The fraction of sp³-hybridized carbons (Fsp3) is 0.200. The Bertz CT molecular complexity index is 2110. The molecule has 43 heavy (non-hydrogen) atoms. The summed E-state index contributed by atoms with van der Waals surface area (Å²) >= 11 is 0. The number of hydrogen-bond donors (Lipinski definition) is 5. The van der Waals surface area contributed by atoms with Crippen LogP contribution in [0.2, 0.25) is 0 Å². The molecule has 1 atom stereocenters. The summed E-state index contributed by atoms with van der Waals surface area (Å²) in [6, 6.07) is 13.8. The number of nitrogens with one attached hydrogen (secondary N) is 4. The first-order valence-corrected chi connectivity index (χ1v) is 15.6. The number of sulfonamides is 1. The van der Waals surface area contributed by atoms with Crippen LogP contribution < -0.4 is 10.0 Å². The first-order chi connectivity index (χ1) is 20.7. The van der Waals surface area contributed by atoms with Gasteiger partial charge in [0.15, 0.2) is 0 Å². The first kappa shape index (κ1) is 27.1. The molecule has 1 saturated carbocycles. The minimum Gasteiger partial charge on any atom is -0.374 e. The van der Waals surface area contributed by atoms with Crippen LogP contribution in [0.4, 0.5) is 10.1 Å². The van der Waals surface area contributed by atoms with Crippen molar-refractivity contribution >= 4 is 37.8 Å². The molecule has 11 nitrogen and oxygen atoms in total. The molecule has 13 heteroatoms. The van der Waals surface area contributed by atoms with E-state index in [9.17, 15) is 17.9 Å². The Morgan fingerprint density at radius 2 is 1.95 bits per heavy atom. The molecule has 0 saturated heterocycles. The highest BCUT2D eigenvalue weighted by Gasteiger charge is 2.29. The Balaban J connectivity index is 1.24. The summed E-state index contributed by atoms with van der Waals surface area (Å²) in [6.07, 6.45) is 7.51. The molecule has 1 aliphatic carbocycles. The smallest absolute Gasteiger partial charge is 0.209 e. The molecule has 6 aromatic rings. The molecule has 5 heterocycles. The van der Waals surface area contributed by atoms with Crippen LogP contribution in [0.5, 0.6) is 0 Å². The lowest BCUT2D eigenvalue weighted by Gasteiger charge is -2.13. The first-order valence-electron chi connectivity index (χ1n) is 13.7. The maximum atomic E-state index is 14.6. The zero-order chi connectivity index (χ0) is 29.7. The molecule has 5 aromatic heterocycles. The standard InChI is InChI=1S/C30H27FN8O3S/c1-43(41,42)34-13-16-8-18(10-20(31)9-16)22-6-7-33-29-23(22)12-26(37-29)28-27-25(38-39-28)5-4-24(36-27)19-11-21(15-32-14-19)35-30(40)17-2-3-17/h4-12,14-15,17,30,34-35,40H,2-3,13H2,1H3,(H,33,37)(H,38,39). The minimum absolute atomic E-state index is 0.0287. The van der Waals surface area contributed by atoms with E-state index >= 15 is 0 Å². The Morgan fingerprint density at radius 1 is 1.09 bits per heavy atom. The number of aliphatic hydroxyl groups is 1. The summed E-state index contributed by atoms with van der Waals surface area (Å²) in [5.41, 5.74) is 7.22. The number of aliphatic hydroxyl groups excluding tert-OH is 1. The van der Waals surface area contributed by atoms with Gasteiger partial charge >= 0.3 is 0 Å². The van der Waals surface area contributed by atoms with Crippen molar-refractivity contribution in [3.8, 4) is 33.8 Å². The van der Waals surface area contributed by atoms with Crippen molar-refractivity contribution in [2.75, 3.05) is 11.6 Å². The third kappa shape index (κ3) is 5.69. The van der Waals surface area contributed by atoms with Gasteiger partial charge in [-0.25, -0.2) is 27.5 Å². The van der Waals surface area contributed by atoms with Crippen LogP contribution in [0.3, 0.4) is 0 Å². The third-order valence-corrected chi connectivity index (χ3v) is 8.09. The molecule has 7 rings (SSSR count). The van der Waals surface area contributed by atoms with E-state index in [4.69, 9.17) is 4.98 Å². The maximum Gasteiger partial charge on any atom is 0.209 e. The van der Waals surface area contributed by atoms with Gasteiger partial charge in [-0.3, -0.25) is 10.1 Å². The van der Waals surface area contributed by atoms with E-state index in [1.54, 1.807) is 30.7 Å². The SMILES string of the molecule is CS(=O)(=O)NCc1cc(F)cc(-c2ccnc3[nH]c(-c4n[nH]c5ccc(-c6cncc(NC(O)C7CC7)c6)nc45)cc23)c1. The number of nitrogens with zero attached hydrogens (tertiary/aromatic N) is 4. The van der Waals surface area contributed by atoms with E-state index in [0.29, 0.717) is 45.1 Å². The Morgan fingerprint density at radius 3 is 2.77 bits per heavy atom. The molecule has 0 spiro atoms. The van der Waals surface area contributed by atoms with E-state index in [0.717, 1.165) is 41.1 Å². The summed E-state index contributed by atoms with van der Waals surface area (Å²) in [5.74, 6) is -0.202. The number of benzene rings is 1. The minimum atomic E-state index is -3.44. The van der Waals surface area contributed by atoms with Gasteiger partial charge in [0.2, 0.25) is 10.0 Å². The van der Waals surface area contributed by atoms with Crippen molar-refractivity contribution in [1.82, 2.24) is 34.9 Å². The van der Waals surface area contributed by atoms with Crippen LogP contribution in [-0.2, 0) is 16.6 Å². The molecule has 1 unspecified atom stereocenters. The zero-order valence-corrected chi connectivity index (χ0v) is 23.8. The Hall–Kier alpha value is -4.72. The molecule has 218 valence electrons. The third-order valence-electron chi connectivity index (χ3n) is 7.42. The quantitative estimate of drug-likeness (QED) is 0.151. The molecule has 1 aromatic carbocycles. The molecular weight excluding hydrogens is 571 g/mol. The predicted molar refractivity (Wildman–Crippen MR) is 162 cm³/mol. The van der Waals surface area contributed by atoms with Crippen LogP contribution in [0.15, 0.2) is 67.1 Å². The van der Waals surface area contributed by atoms with Crippen molar-refractivity contribution in [2.45, 2.75) is 25.6 Å². The van der Waals surface area contributed by atoms with Gasteiger partial charge in [-0.15, -0.1) is 0 Å². The van der Waals surface area contributed by atoms with E-state index in [-0.39, 0.29) is 12.5 Å². The normalized spacial score (nSPS) is 14.4. The summed E-state index contributed by atoms with van der Waals surface area (Å²) in [4.78, 5) is 17.0. The number of halogens is 1. The summed E-state index contributed by atoms with van der Waals surface area (Å²) in [6.45, 7) is -0.0287. The molecule has 5 N–H and O–H groups in total. The van der Waals surface area contributed by atoms with Gasteiger partial charge in [-0.2, -0.15) is 5.10 Å². The van der Waals surface area contributed by atoms with E-state index < -0.39 is 22.1 Å². The number of rotatable bonds is 9. The van der Waals surface area contributed by atoms with Crippen molar-refractivity contribution in [2.24, 2.45) is 5.92 Å². The fourth-order valence-electron chi connectivity index (χ4n) is 5.14. The number of anilines is 1. The van der Waals surface area contributed by atoms with E-state index in [1.165, 1.54) is 12.1 Å². The van der Waals surface area contributed by atoms with Crippen LogP contribution >= 0.6 is 0 Å². The molecular formula is C30H27FN8O3S. The number of pyridine rings is 3. The molecule has 0 amide bonds. The average Bonchev–Trinajstić information content (AvgIpc) is 3.61. The molecule has 0 aliphatic heterocycles. The van der Waals surface area contributed by atoms with E-state index in [2.05, 4.69) is 35.2 Å². The fourth-order valence-corrected chi connectivity index (χ4v) is 5.56. The van der Waals surface area contributed by atoms with Gasteiger partial charge in [0.05, 0.1) is 35.0 Å². The van der Waals surface area contributed by atoms with E-state index in [1.807, 2.05) is 24.3 Å². The lowest BCUT2D eigenvalue weighted by atomic mass is 10.0. The lowest BCUT2D eigenvalue weighted by molar-refractivity contribution is 0.180. The highest BCUT2D eigenvalue weighted by molar-refractivity contribution is 7.88. The van der Waals surface area contributed by atoms with Crippen LogP contribution in [-0.4, -0.2) is 56.1 Å². The van der Waals surface area contributed by atoms with Crippen LogP contribution in [0, 0.1) is 11.7 Å². The highest BCUT2D eigenvalue weighted by Crippen LogP contribution is 2.35. The summed E-state index contributed by atoms with van der Waals surface area (Å²) < 4.78 is 40.1. The molecule has 0 bridgehead atoms. The number of aromatic amines is 2. The van der Waals surface area contributed by atoms with Crippen molar-refractivity contribution in [3.05, 3.63) is 78.5 Å². The lowest BCUT2D eigenvalue weighted by Crippen LogP contribution is -2.21. The summed E-state index contributed by atoms with van der Waals surface area (Å²) in [5, 5.41) is 21.7. The summed E-state index contributed by atoms with van der Waals surface area (Å²) in [7, 11) is -3.44. The highest BCUT2D eigenvalue weighted by atomic mass is 32.2. The van der Waals surface area contributed by atoms with Gasteiger partial charge in [-0.05, 0) is 78.1 Å². The van der Waals surface area contributed by atoms with Gasteiger partial charge < -0.3 is 15.4 Å². The van der Waals surface area contributed by atoms with Gasteiger partial charge in [0.1, 0.15) is 28.9 Å². The zero-order valence-electron chi connectivity index (χ0n) is 23.0. The second-order valence-electron chi connectivity index (χ2n) is 10.8.